The normalized spacial score (nSPS) is 14.6. The highest BCUT2D eigenvalue weighted by molar-refractivity contribution is 5.79. The van der Waals surface area contributed by atoms with E-state index in [-0.39, 0.29) is 0 Å². The first-order valence-electron chi connectivity index (χ1n) is 6.77. The number of fused-ring (bicyclic) bond motifs is 1. The number of hydrogen-bond acceptors (Lipinski definition) is 2. The Bertz CT molecular complexity index is 507. The van der Waals surface area contributed by atoms with Crippen LogP contribution in [0.4, 0.5) is 0 Å². The number of hydrogen-bond donors (Lipinski definition) is 1. The fourth-order valence-electron chi connectivity index (χ4n) is 2.25. The molecule has 0 aliphatic carbocycles. The van der Waals surface area contributed by atoms with Crippen LogP contribution in [-0.2, 0) is 0 Å². The molecule has 0 fully saturated rings. The van der Waals surface area contributed by atoms with Gasteiger partial charge in [-0.15, -0.1) is 0 Å². The van der Waals surface area contributed by atoms with Crippen molar-refractivity contribution in [2.75, 3.05) is 13.1 Å². The van der Waals surface area contributed by atoms with E-state index in [2.05, 4.69) is 55.3 Å². The number of aromatic nitrogens is 1. The molecule has 1 heterocycles. The van der Waals surface area contributed by atoms with Crippen LogP contribution in [0.5, 0.6) is 0 Å². The first kappa shape index (κ1) is 13.0. The topological polar surface area (TPSA) is 24.9 Å². The van der Waals surface area contributed by atoms with Gasteiger partial charge in [-0.25, -0.2) is 0 Å². The Morgan fingerprint density at radius 2 is 2.06 bits per heavy atom. The molecule has 18 heavy (non-hydrogen) atoms. The Balaban J connectivity index is 2.19. The van der Waals surface area contributed by atoms with Crippen molar-refractivity contribution in [3.05, 3.63) is 42.1 Å². The molecular weight excluding hydrogens is 220 g/mol. The van der Waals surface area contributed by atoms with Crippen LogP contribution in [0, 0.1) is 5.92 Å². The molecule has 1 aromatic carbocycles. The highest BCUT2D eigenvalue weighted by atomic mass is 14.8. The van der Waals surface area contributed by atoms with Crippen molar-refractivity contribution in [3.63, 3.8) is 0 Å². The van der Waals surface area contributed by atoms with Crippen LogP contribution in [0.2, 0.25) is 0 Å². The Hall–Kier alpha value is -1.41. The summed E-state index contributed by atoms with van der Waals surface area (Å²) < 4.78 is 0. The highest BCUT2D eigenvalue weighted by Crippen LogP contribution is 2.26. The van der Waals surface area contributed by atoms with Crippen LogP contribution in [-0.4, -0.2) is 18.1 Å². The molecule has 2 nitrogen and oxygen atoms in total. The number of nitrogens with zero attached hydrogens (tertiary/aromatic N) is 1. The number of rotatable bonds is 5. The molecule has 0 saturated heterocycles. The summed E-state index contributed by atoms with van der Waals surface area (Å²) in [6.45, 7) is 8.88. The minimum Gasteiger partial charge on any atom is -0.317 e. The summed E-state index contributed by atoms with van der Waals surface area (Å²) in [5, 5.41) is 4.66. The zero-order valence-electron chi connectivity index (χ0n) is 11.5. The maximum Gasteiger partial charge on any atom is 0.0702 e. The van der Waals surface area contributed by atoms with Gasteiger partial charge >= 0.3 is 0 Å². The monoisotopic (exact) mass is 242 g/mol. The van der Waals surface area contributed by atoms with Crippen LogP contribution >= 0.6 is 0 Å². The van der Waals surface area contributed by atoms with Crippen LogP contribution in [0.15, 0.2) is 36.5 Å². The lowest BCUT2D eigenvalue weighted by Gasteiger charge is -2.21. The van der Waals surface area contributed by atoms with Crippen molar-refractivity contribution in [3.8, 4) is 0 Å². The average Bonchev–Trinajstić information content (AvgIpc) is 2.43. The van der Waals surface area contributed by atoms with Gasteiger partial charge in [0.05, 0.1) is 5.52 Å². The quantitative estimate of drug-likeness (QED) is 0.866. The zero-order valence-corrected chi connectivity index (χ0v) is 11.5. The third-order valence-electron chi connectivity index (χ3n) is 3.72. The minimum absolute atomic E-state index is 0.564. The van der Waals surface area contributed by atoms with E-state index < -0.39 is 0 Å². The van der Waals surface area contributed by atoms with Crippen molar-refractivity contribution in [2.45, 2.75) is 26.7 Å². The van der Waals surface area contributed by atoms with Crippen molar-refractivity contribution in [1.82, 2.24) is 10.3 Å². The maximum atomic E-state index is 4.36. The van der Waals surface area contributed by atoms with Crippen molar-refractivity contribution >= 4 is 10.9 Å². The Morgan fingerprint density at radius 3 is 2.83 bits per heavy atom. The molecule has 0 saturated carbocycles. The molecule has 0 aliphatic rings. The molecule has 0 spiro atoms. The second-order valence-electron chi connectivity index (χ2n) is 5.03. The molecule has 1 aromatic heterocycles. The van der Waals surface area contributed by atoms with Gasteiger partial charge in [-0.3, -0.25) is 4.98 Å². The molecule has 0 bridgehead atoms. The first-order valence-corrected chi connectivity index (χ1v) is 6.77. The Labute approximate surface area is 109 Å². The predicted molar refractivity (Wildman–Crippen MR) is 77.9 cm³/mol. The lowest BCUT2D eigenvalue weighted by molar-refractivity contribution is 0.454. The third-order valence-corrected chi connectivity index (χ3v) is 3.72. The van der Waals surface area contributed by atoms with Gasteiger partial charge in [0.25, 0.3) is 0 Å². The molecule has 1 N–H and O–H groups in total. The second kappa shape index (κ2) is 5.96. The van der Waals surface area contributed by atoms with Crippen LogP contribution < -0.4 is 5.32 Å². The van der Waals surface area contributed by atoms with Gasteiger partial charge in [0, 0.05) is 11.6 Å². The van der Waals surface area contributed by atoms with Gasteiger partial charge < -0.3 is 5.32 Å². The molecule has 2 atom stereocenters. The molecule has 2 rings (SSSR count). The summed E-state index contributed by atoms with van der Waals surface area (Å²) in [6.07, 6.45) is 1.85. The standard InChI is InChI=1S/C16H22N2/c1-4-17-11-12(2)13(3)14-7-8-16-15(10-14)6-5-9-18-16/h5-10,12-13,17H,4,11H2,1-3H3. The van der Waals surface area contributed by atoms with Crippen molar-refractivity contribution < 1.29 is 0 Å². The van der Waals surface area contributed by atoms with Gasteiger partial charge in [-0.1, -0.05) is 32.9 Å². The largest absolute Gasteiger partial charge is 0.317 e. The van der Waals surface area contributed by atoms with Gasteiger partial charge in [-0.2, -0.15) is 0 Å². The van der Waals surface area contributed by atoms with E-state index in [0.29, 0.717) is 11.8 Å². The van der Waals surface area contributed by atoms with E-state index in [4.69, 9.17) is 0 Å². The Kier molecular flexibility index (Phi) is 4.32. The molecular formula is C16H22N2. The highest BCUT2D eigenvalue weighted by Gasteiger charge is 2.14. The molecule has 0 amide bonds. The third kappa shape index (κ3) is 2.88. The maximum absolute atomic E-state index is 4.36. The number of benzene rings is 1. The average molecular weight is 242 g/mol. The van der Waals surface area contributed by atoms with E-state index in [1.807, 2.05) is 12.3 Å². The molecule has 0 aliphatic heterocycles. The molecule has 2 aromatic rings. The van der Waals surface area contributed by atoms with Crippen LogP contribution in [0.1, 0.15) is 32.3 Å². The van der Waals surface area contributed by atoms with Gasteiger partial charge in [-0.05, 0) is 48.7 Å². The summed E-state index contributed by atoms with van der Waals surface area (Å²) in [6, 6.07) is 10.7. The molecule has 0 radical (unpaired) electrons. The zero-order chi connectivity index (χ0) is 13.0. The number of nitrogens with one attached hydrogen (secondary N) is 1. The summed E-state index contributed by atoms with van der Waals surface area (Å²) in [4.78, 5) is 4.36. The lowest BCUT2D eigenvalue weighted by atomic mass is 9.88. The van der Waals surface area contributed by atoms with Gasteiger partial charge in [0.15, 0.2) is 0 Å². The second-order valence-corrected chi connectivity index (χ2v) is 5.03. The fraction of sp³-hybridized carbons (Fsp3) is 0.438. The van der Waals surface area contributed by atoms with Crippen LogP contribution in [0.25, 0.3) is 10.9 Å². The van der Waals surface area contributed by atoms with E-state index in [0.717, 1.165) is 18.6 Å². The van der Waals surface area contributed by atoms with Crippen molar-refractivity contribution in [1.29, 1.82) is 0 Å². The van der Waals surface area contributed by atoms with Crippen LogP contribution in [0.3, 0.4) is 0 Å². The van der Waals surface area contributed by atoms with Gasteiger partial charge in [0.1, 0.15) is 0 Å². The molecule has 2 heteroatoms. The SMILES string of the molecule is CCNCC(C)C(C)c1ccc2ncccc2c1. The molecule has 2 unspecified atom stereocenters. The van der Waals surface area contributed by atoms with E-state index in [1.165, 1.54) is 10.9 Å². The summed E-state index contributed by atoms with van der Waals surface area (Å²) >= 11 is 0. The predicted octanol–water partition coefficient (Wildman–Crippen LogP) is 3.58. The smallest absolute Gasteiger partial charge is 0.0702 e. The number of pyridine rings is 1. The lowest BCUT2D eigenvalue weighted by Crippen LogP contribution is -2.24. The van der Waals surface area contributed by atoms with E-state index in [9.17, 15) is 0 Å². The van der Waals surface area contributed by atoms with E-state index >= 15 is 0 Å². The van der Waals surface area contributed by atoms with Crippen molar-refractivity contribution in [2.24, 2.45) is 5.92 Å². The Morgan fingerprint density at radius 1 is 1.22 bits per heavy atom. The van der Waals surface area contributed by atoms with E-state index in [1.54, 1.807) is 0 Å². The first-order chi connectivity index (χ1) is 8.72. The fourth-order valence-corrected chi connectivity index (χ4v) is 2.25. The molecule has 96 valence electrons. The summed E-state index contributed by atoms with van der Waals surface area (Å²) in [5.41, 5.74) is 2.48. The van der Waals surface area contributed by atoms with Gasteiger partial charge in [0.2, 0.25) is 0 Å². The summed E-state index contributed by atoms with van der Waals surface area (Å²) in [5.74, 6) is 1.20. The summed E-state index contributed by atoms with van der Waals surface area (Å²) in [7, 11) is 0. The minimum atomic E-state index is 0.564.